The van der Waals surface area contributed by atoms with Gasteiger partial charge >= 0.3 is 0 Å². The molecule has 0 radical (unpaired) electrons. The fourth-order valence-corrected chi connectivity index (χ4v) is 4.34. The normalized spacial score (nSPS) is 20.5. The van der Waals surface area contributed by atoms with Crippen molar-refractivity contribution in [2.24, 2.45) is 5.92 Å². The Labute approximate surface area is 159 Å². The number of carbonyl (C=O) groups is 2. The van der Waals surface area contributed by atoms with Crippen LogP contribution < -0.4 is 4.90 Å². The molecule has 1 saturated heterocycles. The molecule has 1 fully saturated rings. The second-order valence-corrected chi connectivity index (χ2v) is 8.23. The lowest BCUT2D eigenvalue weighted by atomic mass is 9.85. The molecule has 2 amide bonds. The van der Waals surface area contributed by atoms with Crippen LogP contribution in [0.2, 0.25) is 0 Å². The van der Waals surface area contributed by atoms with Crippen LogP contribution in [0.4, 0.5) is 5.69 Å². The molecule has 2 aromatic rings. The topological polar surface area (TPSA) is 40.6 Å². The first-order valence-corrected chi connectivity index (χ1v) is 9.97. The lowest BCUT2D eigenvalue weighted by molar-refractivity contribution is -0.138. The van der Waals surface area contributed by atoms with Gasteiger partial charge in [-0.25, -0.2) is 0 Å². The van der Waals surface area contributed by atoms with Crippen LogP contribution in [0.5, 0.6) is 0 Å². The van der Waals surface area contributed by atoms with Crippen molar-refractivity contribution >= 4 is 28.8 Å². The first-order chi connectivity index (χ1) is 12.4. The van der Waals surface area contributed by atoms with E-state index in [2.05, 4.69) is 0 Å². The Kier molecular flexibility index (Phi) is 5.47. The summed E-state index contributed by atoms with van der Waals surface area (Å²) >= 11 is 1.61. The van der Waals surface area contributed by atoms with Crippen molar-refractivity contribution in [1.29, 1.82) is 0 Å². The Bertz CT molecular complexity index is 768. The predicted molar refractivity (Wildman–Crippen MR) is 106 cm³/mol. The Morgan fingerprint density at radius 1 is 1.23 bits per heavy atom. The van der Waals surface area contributed by atoms with Crippen molar-refractivity contribution < 1.29 is 9.59 Å². The zero-order valence-corrected chi connectivity index (χ0v) is 16.6. The molecule has 1 aliphatic rings. The Morgan fingerprint density at radius 2 is 1.92 bits per heavy atom. The highest BCUT2D eigenvalue weighted by molar-refractivity contribution is 7.10. The molecule has 1 aromatic carbocycles. The summed E-state index contributed by atoms with van der Waals surface area (Å²) in [5.74, 6) is -0.0217. The van der Waals surface area contributed by atoms with Gasteiger partial charge in [-0.05, 0) is 50.8 Å². The first kappa shape index (κ1) is 18.6. The molecular weight excluding hydrogens is 344 g/mol. The molecule has 0 bridgehead atoms. The van der Waals surface area contributed by atoms with E-state index in [0.29, 0.717) is 12.8 Å². The third-order valence-electron chi connectivity index (χ3n) is 5.18. The molecule has 5 heteroatoms. The highest BCUT2D eigenvalue weighted by Gasteiger charge is 2.43. The summed E-state index contributed by atoms with van der Waals surface area (Å²) in [6, 6.07) is 11.9. The molecule has 2 unspecified atom stereocenters. The second kappa shape index (κ2) is 7.62. The lowest BCUT2D eigenvalue weighted by Gasteiger charge is -2.41. The van der Waals surface area contributed by atoms with E-state index in [-0.39, 0.29) is 29.8 Å². The summed E-state index contributed by atoms with van der Waals surface area (Å²) in [7, 11) is 1.85. The second-order valence-electron chi connectivity index (χ2n) is 7.25. The number of amides is 2. The van der Waals surface area contributed by atoms with E-state index in [1.807, 2.05) is 74.5 Å². The maximum absolute atomic E-state index is 13.2. The van der Waals surface area contributed by atoms with Gasteiger partial charge in [-0.3, -0.25) is 9.59 Å². The number of rotatable bonds is 4. The fourth-order valence-electron chi connectivity index (χ4n) is 3.46. The summed E-state index contributed by atoms with van der Waals surface area (Å²) in [5, 5.41) is 2.01. The molecule has 1 aromatic heterocycles. The fraction of sp³-hybridized carbons (Fsp3) is 0.429. The van der Waals surface area contributed by atoms with Crippen molar-refractivity contribution in [1.82, 2.24) is 4.90 Å². The number of hydrogen-bond acceptors (Lipinski definition) is 3. The monoisotopic (exact) mass is 370 g/mol. The maximum atomic E-state index is 13.2. The number of piperidine rings is 1. The lowest BCUT2D eigenvalue weighted by Crippen LogP contribution is -2.49. The molecule has 3 rings (SSSR count). The number of aryl methyl sites for hydroxylation is 1. The summed E-state index contributed by atoms with van der Waals surface area (Å²) in [4.78, 5) is 30.7. The number of nitrogens with zero attached hydrogens (tertiary/aromatic N) is 2. The summed E-state index contributed by atoms with van der Waals surface area (Å²) < 4.78 is 0. The van der Waals surface area contributed by atoms with Crippen molar-refractivity contribution in [2.45, 2.75) is 45.7 Å². The van der Waals surface area contributed by atoms with Crippen molar-refractivity contribution in [2.75, 3.05) is 11.9 Å². The molecule has 1 aliphatic heterocycles. The van der Waals surface area contributed by atoms with Gasteiger partial charge in [0.2, 0.25) is 11.8 Å². The summed E-state index contributed by atoms with van der Waals surface area (Å²) in [6.45, 7) is 6.07. The van der Waals surface area contributed by atoms with Gasteiger partial charge in [0.05, 0.1) is 12.0 Å². The maximum Gasteiger partial charge on any atom is 0.228 e. The van der Waals surface area contributed by atoms with E-state index < -0.39 is 0 Å². The Hall–Kier alpha value is -2.14. The number of thiophene rings is 1. The van der Waals surface area contributed by atoms with Gasteiger partial charge in [0, 0.05) is 30.1 Å². The van der Waals surface area contributed by atoms with Crippen LogP contribution in [0.25, 0.3) is 0 Å². The van der Waals surface area contributed by atoms with Crippen LogP contribution in [0.1, 0.15) is 43.2 Å². The van der Waals surface area contributed by atoms with Gasteiger partial charge in [0.15, 0.2) is 0 Å². The summed E-state index contributed by atoms with van der Waals surface area (Å²) in [5.41, 5.74) is 2.02. The van der Waals surface area contributed by atoms with E-state index in [4.69, 9.17) is 0 Å². The van der Waals surface area contributed by atoms with E-state index in [1.54, 1.807) is 16.2 Å². The molecule has 0 spiro atoms. The number of anilines is 1. The third kappa shape index (κ3) is 3.54. The molecule has 0 saturated carbocycles. The van der Waals surface area contributed by atoms with E-state index in [0.717, 1.165) is 16.1 Å². The largest absolute Gasteiger partial charge is 0.343 e. The van der Waals surface area contributed by atoms with Crippen molar-refractivity contribution in [3.63, 3.8) is 0 Å². The molecule has 26 heavy (non-hydrogen) atoms. The average Bonchev–Trinajstić information content (AvgIpc) is 3.15. The van der Waals surface area contributed by atoms with Crippen LogP contribution in [-0.4, -0.2) is 29.8 Å². The van der Waals surface area contributed by atoms with Crippen molar-refractivity contribution in [3.05, 3.63) is 52.2 Å². The van der Waals surface area contributed by atoms with Crippen LogP contribution in [-0.2, 0) is 9.59 Å². The molecule has 2 heterocycles. The van der Waals surface area contributed by atoms with Gasteiger partial charge < -0.3 is 9.80 Å². The van der Waals surface area contributed by atoms with Crippen LogP contribution in [0.3, 0.4) is 0 Å². The standard InChI is InChI=1S/C21H26N2O2S/c1-14(2)22(4)21(25)17-11-12-19(24)23(16-9-7-15(3)8-10-16)20(17)18-6-5-13-26-18/h5-10,13-14,17,20H,11-12H2,1-4H3. The van der Waals surface area contributed by atoms with Crippen molar-refractivity contribution in [3.8, 4) is 0 Å². The van der Waals surface area contributed by atoms with E-state index in [1.165, 1.54) is 0 Å². The van der Waals surface area contributed by atoms with Gasteiger partial charge in [0.1, 0.15) is 0 Å². The van der Waals surface area contributed by atoms with Crippen LogP contribution >= 0.6 is 11.3 Å². The van der Waals surface area contributed by atoms with Gasteiger partial charge in [-0.15, -0.1) is 11.3 Å². The molecule has 0 aliphatic carbocycles. The third-order valence-corrected chi connectivity index (χ3v) is 6.13. The minimum absolute atomic E-state index is 0.0866. The molecule has 0 N–H and O–H groups in total. The number of carbonyl (C=O) groups excluding carboxylic acids is 2. The quantitative estimate of drug-likeness (QED) is 0.800. The van der Waals surface area contributed by atoms with Gasteiger partial charge in [-0.2, -0.15) is 0 Å². The van der Waals surface area contributed by atoms with E-state index >= 15 is 0 Å². The SMILES string of the molecule is Cc1ccc(N2C(=O)CCC(C(=O)N(C)C(C)C)C2c2cccs2)cc1. The van der Waals surface area contributed by atoms with Crippen LogP contribution in [0.15, 0.2) is 41.8 Å². The molecule has 4 nitrogen and oxygen atoms in total. The molecule has 2 atom stereocenters. The smallest absolute Gasteiger partial charge is 0.228 e. The minimum atomic E-state index is -0.243. The zero-order valence-electron chi connectivity index (χ0n) is 15.8. The predicted octanol–water partition coefficient (Wildman–Crippen LogP) is 4.41. The Balaban J connectivity index is 2.04. The zero-order chi connectivity index (χ0) is 18.8. The highest BCUT2D eigenvalue weighted by atomic mass is 32.1. The first-order valence-electron chi connectivity index (χ1n) is 9.09. The minimum Gasteiger partial charge on any atom is -0.343 e. The summed E-state index contributed by atoms with van der Waals surface area (Å²) in [6.07, 6.45) is 0.998. The number of hydrogen-bond donors (Lipinski definition) is 0. The Morgan fingerprint density at radius 3 is 2.50 bits per heavy atom. The highest BCUT2D eigenvalue weighted by Crippen LogP contribution is 2.42. The van der Waals surface area contributed by atoms with E-state index in [9.17, 15) is 9.59 Å². The molecular formula is C21H26N2O2S. The average molecular weight is 371 g/mol. The van der Waals surface area contributed by atoms with Gasteiger partial charge in [-0.1, -0.05) is 23.8 Å². The van der Waals surface area contributed by atoms with Gasteiger partial charge in [0.25, 0.3) is 0 Å². The molecule has 138 valence electrons. The van der Waals surface area contributed by atoms with Crippen LogP contribution in [0, 0.1) is 12.8 Å². The number of benzene rings is 1.